The number of hydrogen-bond acceptors (Lipinski definition) is 6. The first kappa shape index (κ1) is 23.5. The lowest BCUT2D eigenvalue weighted by Gasteiger charge is -2.36. The lowest BCUT2D eigenvalue weighted by Crippen LogP contribution is -2.55. The highest BCUT2D eigenvalue weighted by molar-refractivity contribution is 5.83. The second kappa shape index (κ2) is 12.0. The number of aliphatic hydroxyl groups excluding tert-OH is 1. The van der Waals surface area contributed by atoms with E-state index >= 15 is 0 Å². The summed E-state index contributed by atoms with van der Waals surface area (Å²) in [5.74, 6) is -0.500. The van der Waals surface area contributed by atoms with Crippen molar-refractivity contribution in [3.05, 3.63) is 35.9 Å². The number of aliphatic hydroxyl groups is 1. The third-order valence-corrected chi connectivity index (χ3v) is 4.76. The molecule has 2 rings (SSSR count). The summed E-state index contributed by atoms with van der Waals surface area (Å²) in [4.78, 5) is 36.7. The summed E-state index contributed by atoms with van der Waals surface area (Å²) in [5.41, 5.74) is 3.36. The van der Waals surface area contributed by atoms with Crippen LogP contribution in [0.15, 0.2) is 30.3 Å². The maximum absolute atomic E-state index is 12.5. The van der Waals surface area contributed by atoms with Gasteiger partial charge in [0.2, 0.25) is 0 Å². The Bertz CT molecular complexity index is 697. The van der Waals surface area contributed by atoms with E-state index in [1.807, 2.05) is 30.3 Å². The van der Waals surface area contributed by atoms with Gasteiger partial charge in [-0.25, -0.2) is 14.6 Å². The Kier molecular flexibility index (Phi) is 9.40. The van der Waals surface area contributed by atoms with E-state index < -0.39 is 18.1 Å². The van der Waals surface area contributed by atoms with Gasteiger partial charge in [0.25, 0.3) is 5.91 Å². The molecule has 1 aromatic carbocycles. The third kappa shape index (κ3) is 7.90. The van der Waals surface area contributed by atoms with Crippen molar-refractivity contribution in [1.29, 1.82) is 0 Å². The molecule has 2 atom stereocenters. The smallest absolute Gasteiger partial charge is 0.429 e. The predicted molar refractivity (Wildman–Crippen MR) is 109 cm³/mol. The van der Waals surface area contributed by atoms with E-state index in [9.17, 15) is 19.5 Å². The van der Waals surface area contributed by atoms with Crippen LogP contribution in [0.5, 0.6) is 0 Å². The minimum Gasteiger partial charge on any atom is -0.445 e. The Balaban J connectivity index is 1.86. The molecule has 1 fully saturated rings. The largest absolute Gasteiger partial charge is 0.445 e. The quantitative estimate of drug-likeness (QED) is 0.582. The summed E-state index contributed by atoms with van der Waals surface area (Å²) in [5, 5.41) is 13.0. The van der Waals surface area contributed by atoms with Crippen LogP contribution in [-0.2, 0) is 20.9 Å². The van der Waals surface area contributed by atoms with Gasteiger partial charge in [-0.2, -0.15) is 0 Å². The average molecular weight is 421 g/mol. The van der Waals surface area contributed by atoms with Crippen LogP contribution >= 0.6 is 0 Å². The second-order valence-corrected chi connectivity index (χ2v) is 7.62. The SMILES string of the molecule is CC(C)OC(=O)N(NC(=O)CNC(=O)OCc1ccccc1)C1CCCC(CO)C1. The molecule has 3 N–H and O–H groups in total. The van der Waals surface area contributed by atoms with Gasteiger partial charge in [-0.05, 0) is 44.6 Å². The van der Waals surface area contributed by atoms with Gasteiger partial charge in [0.15, 0.2) is 0 Å². The van der Waals surface area contributed by atoms with E-state index in [4.69, 9.17) is 9.47 Å². The van der Waals surface area contributed by atoms with Gasteiger partial charge in [-0.15, -0.1) is 0 Å². The Morgan fingerprint density at radius 2 is 1.93 bits per heavy atom. The average Bonchev–Trinajstić information content (AvgIpc) is 2.74. The first-order chi connectivity index (χ1) is 14.4. The molecule has 3 amide bonds. The Hall–Kier alpha value is -2.81. The van der Waals surface area contributed by atoms with Crippen molar-refractivity contribution in [2.24, 2.45) is 5.92 Å². The molecule has 9 heteroatoms. The number of nitrogens with zero attached hydrogens (tertiary/aromatic N) is 1. The van der Waals surface area contributed by atoms with Crippen LogP contribution in [0.2, 0.25) is 0 Å². The molecular weight excluding hydrogens is 390 g/mol. The summed E-state index contributed by atoms with van der Waals surface area (Å²) in [6, 6.07) is 8.89. The molecule has 1 aromatic rings. The van der Waals surface area contributed by atoms with Crippen LogP contribution in [0.25, 0.3) is 0 Å². The van der Waals surface area contributed by atoms with Crippen molar-refractivity contribution < 1.29 is 29.0 Å². The molecule has 1 aliphatic carbocycles. The summed E-state index contributed by atoms with van der Waals surface area (Å²) in [6.07, 6.45) is 1.23. The van der Waals surface area contributed by atoms with Crippen LogP contribution < -0.4 is 10.7 Å². The van der Waals surface area contributed by atoms with Crippen molar-refractivity contribution >= 4 is 18.1 Å². The molecule has 0 radical (unpaired) electrons. The van der Waals surface area contributed by atoms with E-state index in [-0.39, 0.29) is 37.8 Å². The number of nitrogens with one attached hydrogen (secondary N) is 2. The Morgan fingerprint density at radius 1 is 1.20 bits per heavy atom. The number of hydrogen-bond donors (Lipinski definition) is 3. The molecule has 1 saturated carbocycles. The number of ether oxygens (including phenoxy) is 2. The number of amides is 3. The molecule has 166 valence electrons. The zero-order valence-corrected chi connectivity index (χ0v) is 17.5. The maximum atomic E-state index is 12.5. The maximum Gasteiger partial charge on any atom is 0.429 e. The fraction of sp³-hybridized carbons (Fsp3) is 0.571. The van der Waals surface area contributed by atoms with Gasteiger partial charge in [0.05, 0.1) is 12.1 Å². The van der Waals surface area contributed by atoms with Gasteiger partial charge in [-0.3, -0.25) is 10.2 Å². The Morgan fingerprint density at radius 3 is 2.60 bits per heavy atom. The fourth-order valence-corrected chi connectivity index (χ4v) is 3.31. The van der Waals surface area contributed by atoms with Gasteiger partial charge in [0.1, 0.15) is 13.2 Å². The minimum atomic E-state index is -0.733. The zero-order chi connectivity index (χ0) is 21.9. The summed E-state index contributed by atoms with van der Waals surface area (Å²) >= 11 is 0. The van der Waals surface area contributed by atoms with Crippen LogP contribution in [0.1, 0.15) is 45.1 Å². The molecule has 0 saturated heterocycles. The van der Waals surface area contributed by atoms with Crippen molar-refractivity contribution in [2.45, 2.75) is 58.3 Å². The summed E-state index contributed by atoms with van der Waals surface area (Å²) in [7, 11) is 0. The topological polar surface area (TPSA) is 117 Å². The van der Waals surface area contributed by atoms with E-state index in [0.717, 1.165) is 18.4 Å². The molecule has 0 spiro atoms. The van der Waals surface area contributed by atoms with Crippen LogP contribution in [-0.4, -0.2) is 53.5 Å². The highest BCUT2D eigenvalue weighted by Crippen LogP contribution is 2.27. The van der Waals surface area contributed by atoms with Crippen LogP contribution in [0.3, 0.4) is 0 Å². The number of carbonyl (C=O) groups is 3. The number of alkyl carbamates (subject to hydrolysis) is 1. The zero-order valence-electron chi connectivity index (χ0n) is 17.5. The molecule has 0 bridgehead atoms. The normalized spacial score (nSPS) is 18.4. The first-order valence-electron chi connectivity index (χ1n) is 10.2. The minimum absolute atomic E-state index is 0.0341. The second-order valence-electron chi connectivity index (χ2n) is 7.62. The lowest BCUT2D eigenvalue weighted by atomic mass is 9.86. The van der Waals surface area contributed by atoms with Gasteiger partial charge >= 0.3 is 12.2 Å². The van der Waals surface area contributed by atoms with Crippen molar-refractivity contribution in [3.8, 4) is 0 Å². The molecule has 0 aromatic heterocycles. The van der Waals surface area contributed by atoms with Gasteiger partial charge < -0.3 is 19.9 Å². The summed E-state index contributed by atoms with van der Waals surface area (Å²) in [6.45, 7) is 3.21. The number of benzene rings is 1. The van der Waals surface area contributed by atoms with Crippen molar-refractivity contribution in [2.75, 3.05) is 13.2 Å². The molecule has 0 aliphatic heterocycles. The first-order valence-corrected chi connectivity index (χ1v) is 10.2. The fourth-order valence-electron chi connectivity index (χ4n) is 3.31. The third-order valence-electron chi connectivity index (χ3n) is 4.76. The van der Waals surface area contributed by atoms with Gasteiger partial charge in [-0.1, -0.05) is 36.8 Å². The predicted octanol–water partition coefficient (Wildman–Crippen LogP) is 2.34. The van der Waals surface area contributed by atoms with Crippen molar-refractivity contribution in [1.82, 2.24) is 15.8 Å². The molecule has 2 unspecified atom stereocenters. The molecule has 0 heterocycles. The highest BCUT2D eigenvalue weighted by Gasteiger charge is 2.32. The standard InChI is InChI=1S/C21H31N3O6/c1-15(2)30-21(28)24(18-10-6-9-17(11-18)13-25)23-19(26)12-22-20(27)29-14-16-7-4-3-5-8-16/h3-5,7-8,15,17-18,25H,6,9-14H2,1-2H3,(H,22,27)(H,23,26). The van der Waals surface area contributed by atoms with Crippen molar-refractivity contribution in [3.63, 3.8) is 0 Å². The lowest BCUT2D eigenvalue weighted by molar-refractivity contribution is -0.126. The molecule has 9 nitrogen and oxygen atoms in total. The van der Waals surface area contributed by atoms with E-state index in [2.05, 4.69) is 10.7 Å². The molecular formula is C21H31N3O6. The summed E-state index contributed by atoms with van der Waals surface area (Å²) < 4.78 is 10.3. The monoisotopic (exact) mass is 421 g/mol. The number of carbonyl (C=O) groups excluding carboxylic acids is 3. The number of hydrazine groups is 1. The van der Waals surface area contributed by atoms with E-state index in [1.165, 1.54) is 5.01 Å². The molecule has 30 heavy (non-hydrogen) atoms. The van der Waals surface area contributed by atoms with E-state index in [1.54, 1.807) is 13.8 Å². The molecule has 1 aliphatic rings. The highest BCUT2D eigenvalue weighted by atomic mass is 16.6. The van der Waals surface area contributed by atoms with Crippen LogP contribution in [0.4, 0.5) is 9.59 Å². The Labute approximate surface area is 176 Å². The van der Waals surface area contributed by atoms with Gasteiger partial charge in [0, 0.05) is 6.61 Å². The number of rotatable bonds is 7. The van der Waals surface area contributed by atoms with E-state index in [0.29, 0.717) is 12.8 Å². The van der Waals surface area contributed by atoms with Crippen LogP contribution in [0, 0.1) is 5.92 Å².